The second-order valence-corrected chi connectivity index (χ2v) is 6.41. The molecule has 1 aliphatic carbocycles. The van der Waals surface area contributed by atoms with Crippen LogP contribution < -0.4 is 0 Å². The molecule has 0 radical (unpaired) electrons. The third-order valence-electron chi connectivity index (χ3n) is 4.45. The van der Waals surface area contributed by atoms with Gasteiger partial charge >= 0.3 is 0 Å². The van der Waals surface area contributed by atoms with Crippen LogP contribution in [-0.4, -0.2) is 14.7 Å². The van der Waals surface area contributed by atoms with Crippen molar-refractivity contribution in [1.29, 1.82) is 0 Å². The minimum absolute atomic E-state index is 0.637. The summed E-state index contributed by atoms with van der Waals surface area (Å²) >= 11 is 0. The molecule has 0 aromatic carbocycles. The molecule has 1 aromatic rings. The van der Waals surface area contributed by atoms with E-state index in [0.29, 0.717) is 5.92 Å². The Morgan fingerprint density at radius 1 is 1.17 bits per heavy atom. The highest BCUT2D eigenvalue weighted by Crippen LogP contribution is 2.37. The topological polar surface area (TPSA) is 38.1 Å². The van der Waals surface area contributed by atoms with E-state index in [4.69, 9.17) is 4.98 Å². The number of rotatable bonds is 2. The number of hydrogen-bond acceptors (Lipinski definition) is 2. The highest BCUT2D eigenvalue weighted by atomic mass is 16.3. The summed E-state index contributed by atoms with van der Waals surface area (Å²) in [6, 6.07) is 0. The SMILES string of the molecule is CC(C)(O)c1nc(C2CCCC2)n2c1CCCC2. The summed E-state index contributed by atoms with van der Waals surface area (Å²) in [5.41, 5.74) is 1.44. The molecule has 1 aromatic heterocycles. The Morgan fingerprint density at radius 2 is 1.89 bits per heavy atom. The van der Waals surface area contributed by atoms with Crippen molar-refractivity contribution in [3.05, 3.63) is 17.2 Å². The quantitative estimate of drug-likeness (QED) is 0.873. The smallest absolute Gasteiger partial charge is 0.112 e. The predicted molar refractivity (Wildman–Crippen MR) is 71.6 cm³/mol. The van der Waals surface area contributed by atoms with Crippen LogP contribution in [0.3, 0.4) is 0 Å². The molecule has 3 heteroatoms. The Kier molecular flexibility index (Phi) is 2.97. The number of hydrogen-bond donors (Lipinski definition) is 1. The number of aliphatic hydroxyl groups is 1. The molecule has 3 nitrogen and oxygen atoms in total. The minimum atomic E-state index is -0.800. The van der Waals surface area contributed by atoms with E-state index in [1.807, 2.05) is 13.8 Å². The molecule has 18 heavy (non-hydrogen) atoms. The molecule has 0 unspecified atom stereocenters. The van der Waals surface area contributed by atoms with Crippen molar-refractivity contribution in [3.8, 4) is 0 Å². The molecule has 1 saturated carbocycles. The number of aromatic nitrogens is 2. The van der Waals surface area contributed by atoms with Crippen molar-refractivity contribution in [2.45, 2.75) is 76.9 Å². The molecule has 0 amide bonds. The zero-order valence-electron chi connectivity index (χ0n) is 11.6. The van der Waals surface area contributed by atoms with Gasteiger partial charge in [-0.15, -0.1) is 0 Å². The number of fused-ring (bicyclic) bond motifs is 1. The maximum Gasteiger partial charge on any atom is 0.112 e. The standard InChI is InChI=1S/C15H24N2O/c1-15(2,18)13-12-9-5-6-10-17(12)14(16-13)11-7-3-4-8-11/h11,18H,3-10H2,1-2H3. The van der Waals surface area contributed by atoms with Gasteiger partial charge in [0.2, 0.25) is 0 Å². The lowest BCUT2D eigenvalue weighted by Gasteiger charge is -2.22. The first kappa shape index (κ1) is 12.2. The summed E-state index contributed by atoms with van der Waals surface area (Å²) in [5, 5.41) is 10.3. The number of imidazole rings is 1. The third-order valence-corrected chi connectivity index (χ3v) is 4.45. The molecular formula is C15H24N2O. The van der Waals surface area contributed by atoms with E-state index >= 15 is 0 Å². The number of nitrogens with zero attached hydrogens (tertiary/aromatic N) is 2. The van der Waals surface area contributed by atoms with E-state index in [1.54, 1.807) is 0 Å². The summed E-state index contributed by atoms with van der Waals surface area (Å²) < 4.78 is 2.42. The molecule has 2 aliphatic rings. The Bertz CT molecular complexity index is 436. The van der Waals surface area contributed by atoms with Crippen molar-refractivity contribution < 1.29 is 5.11 Å². The molecule has 0 atom stereocenters. The van der Waals surface area contributed by atoms with Crippen LogP contribution in [0.1, 0.15) is 75.5 Å². The summed E-state index contributed by atoms with van der Waals surface area (Å²) in [7, 11) is 0. The second kappa shape index (κ2) is 4.37. The predicted octanol–water partition coefficient (Wildman–Crippen LogP) is 3.10. The first-order chi connectivity index (χ1) is 8.57. The third kappa shape index (κ3) is 1.99. The van der Waals surface area contributed by atoms with Crippen molar-refractivity contribution in [2.75, 3.05) is 0 Å². The molecular weight excluding hydrogens is 224 g/mol. The van der Waals surface area contributed by atoms with Crippen molar-refractivity contribution in [2.24, 2.45) is 0 Å². The summed E-state index contributed by atoms with van der Waals surface area (Å²) in [4.78, 5) is 4.86. The van der Waals surface area contributed by atoms with Crippen molar-refractivity contribution >= 4 is 0 Å². The lowest BCUT2D eigenvalue weighted by molar-refractivity contribution is 0.0727. The van der Waals surface area contributed by atoms with Gasteiger partial charge in [0, 0.05) is 18.2 Å². The summed E-state index contributed by atoms with van der Waals surface area (Å²) in [6.45, 7) is 4.83. The molecule has 3 rings (SSSR count). The molecule has 1 aliphatic heterocycles. The van der Waals surface area contributed by atoms with Gasteiger partial charge in [-0.1, -0.05) is 12.8 Å². The van der Waals surface area contributed by atoms with Crippen LogP contribution in [0.2, 0.25) is 0 Å². The fraction of sp³-hybridized carbons (Fsp3) is 0.800. The maximum absolute atomic E-state index is 10.3. The molecule has 0 bridgehead atoms. The fourth-order valence-electron chi connectivity index (χ4n) is 3.56. The maximum atomic E-state index is 10.3. The van der Waals surface area contributed by atoms with Gasteiger partial charge in [0.1, 0.15) is 11.4 Å². The van der Waals surface area contributed by atoms with Crippen LogP contribution in [0.25, 0.3) is 0 Å². The van der Waals surface area contributed by atoms with E-state index < -0.39 is 5.60 Å². The average molecular weight is 248 g/mol. The van der Waals surface area contributed by atoms with Gasteiger partial charge in [0.25, 0.3) is 0 Å². The average Bonchev–Trinajstić information content (AvgIpc) is 2.94. The largest absolute Gasteiger partial charge is 0.384 e. The van der Waals surface area contributed by atoms with Crippen LogP contribution in [0.5, 0.6) is 0 Å². The fourth-order valence-corrected chi connectivity index (χ4v) is 3.56. The van der Waals surface area contributed by atoms with Gasteiger partial charge in [0.15, 0.2) is 0 Å². The summed E-state index contributed by atoms with van der Waals surface area (Å²) in [6.07, 6.45) is 8.81. The van der Waals surface area contributed by atoms with Crippen LogP contribution in [0.4, 0.5) is 0 Å². The Hall–Kier alpha value is -0.830. The van der Waals surface area contributed by atoms with E-state index in [0.717, 1.165) is 18.7 Å². The molecule has 2 heterocycles. The highest BCUT2D eigenvalue weighted by molar-refractivity contribution is 5.26. The Morgan fingerprint density at radius 3 is 2.56 bits per heavy atom. The second-order valence-electron chi connectivity index (χ2n) is 6.41. The van der Waals surface area contributed by atoms with E-state index in [2.05, 4.69) is 4.57 Å². The molecule has 100 valence electrons. The van der Waals surface area contributed by atoms with Gasteiger partial charge < -0.3 is 9.67 Å². The van der Waals surface area contributed by atoms with Gasteiger partial charge in [-0.3, -0.25) is 0 Å². The Balaban J connectivity index is 2.06. The highest BCUT2D eigenvalue weighted by Gasteiger charge is 2.32. The normalized spacial score (nSPS) is 21.3. The van der Waals surface area contributed by atoms with Crippen LogP contribution in [-0.2, 0) is 18.6 Å². The molecule has 0 spiro atoms. The van der Waals surface area contributed by atoms with E-state index in [1.165, 1.54) is 50.0 Å². The van der Waals surface area contributed by atoms with E-state index in [-0.39, 0.29) is 0 Å². The lowest BCUT2D eigenvalue weighted by Crippen LogP contribution is -2.21. The van der Waals surface area contributed by atoms with Gasteiger partial charge in [0.05, 0.1) is 5.69 Å². The Labute approximate surface area is 109 Å². The van der Waals surface area contributed by atoms with Crippen LogP contribution in [0.15, 0.2) is 0 Å². The van der Waals surface area contributed by atoms with Gasteiger partial charge in [-0.2, -0.15) is 0 Å². The van der Waals surface area contributed by atoms with Crippen molar-refractivity contribution in [1.82, 2.24) is 9.55 Å². The minimum Gasteiger partial charge on any atom is -0.384 e. The molecule has 1 N–H and O–H groups in total. The zero-order valence-corrected chi connectivity index (χ0v) is 11.6. The first-order valence-corrected chi connectivity index (χ1v) is 7.39. The van der Waals surface area contributed by atoms with Crippen LogP contribution >= 0.6 is 0 Å². The summed E-state index contributed by atoms with van der Waals surface area (Å²) in [5.74, 6) is 1.90. The van der Waals surface area contributed by atoms with Crippen molar-refractivity contribution in [3.63, 3.8) is 0 Å². The van der Waals surface area contributed by atoms with Crippen LogP contribution in [0, 0.1) is 0 Å². The zero-order chi connectivity index (χ0) is 12.8. The molecule has 1 fully saturated rings. The monoisotopic (exact) mass is 248 g/mol. The van der Waals surface area contributed by atoms with Gasteiger partial charge in [-0.05, 0) is 46.0 Å². The van der Waals surface area contributed by atoms with E-state index in [9.17, 15) is 5.11 Å². The molecule has 0 saturated heterocycles. The van der Waals surface area contributed by atoms with Gasteiger partial charge in [-0.25, -0.2) is 4.98 Å². The lowest BCUT2D eigenvalue weighted by atomic mass is 9.99. The first-order valence-electron chi connectivity index (χ1n) is 7.39.